The van der Waals surface area contributed by atoms with E-state index in [2.05, 4.69) is 5.32 Å². The Hall–Kier alpha value is -4.00. The van der Waals surface area contributed by atoms with Gasteiger partial charge in [-0.3, -0.25) is 10.5 Å². The van der Waals surface area contributed by atoms with Gasteiger partial charge in [-0.25, -0.2) is 4.79 Å². The maximum atomic E-state index is 13.2. The summed E-state index contributed by atoms with van der Waals surface area (Å²) in [5.41, 5.74) is 8.77. The number of rotatable bonds is 7. The second kappa shape index (κ2) is 10.5. The maximum Gasteiger partial charge on any atom is 0.328 e. The predicted octanol–water partition coefficient (Wildman–Crippen LogP) is 3.47. The van der Waals surface area contributed by atoms with Crippen molar-refractivity contribution in [2.24, 2.45) is 11.7 Å². The van der Waals surface area contributed by atoms with Gasteiger partial charge < -0.3 is 15.2 Å². The molecule has 0 aliphatic heterocycles. The summed E-state index contributed by atoms with van der Waals surface area (Å²) >= 11 is 0. The van der Waals surface area contributed by atoms with Crippen molar-refractivity contribution in [2.75, 3.05) is 7.11 Å². The first kappa shape index (κ1) is 24.1. The zero-order valence-electron chi connectivity index (χ0n) is 19.4. The van der Waals surface area contributed by atoms with Crippen LogP contribution in [0.2, 0.25) is 0 Å². The average molecular weight is 469 g/mol. The van der Waals surface area contributed by atoms with Crippen LogP contribution in [0.15, 0.2) is 103 Å². The van der Waals surface area contributed by atoms with Gasteiger partial charge in [0.1, 0.15) is 17.7 Å². The Labute approximate surface area is 204 Å². The van der Waals surface area contributed by atoms with E-state index >= 15 is 0 Å². The number of hydrogen-bond acceptors (Lipinski definition) is 5. The van der Waals surface area contributed by atoms with Gasteiger partial charge in [-0.05, 0) is 33.9 Å². The Morgan fingerprint density at radius 3 is 2.11 bits per heavy atom. The van der Waals surface area contributed by atoms with Crippen LogP contribution in [-0.4, -0.2) is 35.9 Å². The van der Waals surface area contributed by atoms with Gasteiger partial charge in [0.15, 0.2) is 0 Å². The van der Waals surface area contributed by atoms with E-state index in [-0.39, 0.29) is 6.42 Å². The second-order valence-corrected chi connectivity index (χ2v) is 8.54. The van der Waals surface area contributed by atoms with E-state index in [0.29, 0.717) is 0 Å². The Morgan fingerprint density at radius 2 is 1.51 bits per heavy atom. The molecule has 0 saturated carbocycles. The summed E-state index contributed by atoms with van der Waals surface area (Å²) in [6.45, 7) is 0. The highest BCUT2D eigenvalue weighted by Crippen LogP contribution is 2.29. The van der Waals surface area contributed by atoms with Crippen LogP contribution in [0.4, 0.5) is 0 Å². The van der Waals surface area contributed by atoms with Crippen molar-refractivity contribution in [1.29, 1.82) is 0 Å². The number of nitrogens with two attached hydrogens (primary N) is 1. The first-order valence-electron chi connectivity index (χ1n) is 11.4. The van der Waals surface area contributed by atoms with E-state index in [4.69, 9.17) is 10.5 Å². The molecule has 178 valence electrons. The van der Waals surface area contributed by atoms with E-state index in [1.165, 1.54) is 13.2 Å². The summed E-state index contributed by atoms with van der Waals surface area (Å²) in [7, 11) is 1.27. The summed E-state index contributed by atoms with van der Waals surface area (Å²) in [4.78, 5) is 25.7. The van der Waals surface area contributed by atoms with Crippen molar-refractivity contribution in [1.82, 2.24) is 5.32 Å². The molecule has 35 heavy (non-hydrogen) atoms. The molecule has 0 spiro atoms. The number of aliphatic hydroxyl groups is 1. The molecule has 0 radical (unpaired) electrons. The monoisotopic (exact) mass is 468 g/mol. The molecule has 0 saturated heterocycles. The summed E-state index contributed by atoms with van der Waals surface area (Å²) in [6.07, 6.45) is 4.93. The molecule has 4 N–H and O–H groups in total. The molecule has 3 aromatic rings. The molecule has 3 aromatic carbocycles. The molecule has 0 bridgehead atoms. The maximum absolute atomic E-state index is 13.2. The van der Waals surface area contributed by atoms with Crippen molar-refractivity contribution in [3.05, 3.63) is 114 Å². The van der Waals surface area contributed by atoms with Gasteiger partial charge >= 0.3 is 5.97 Å². The van der Waals surface area contributed by atoms with Crippen LogP contribution in [-0.2, 0) is 20.7 Å². The molecular weight excluding hydrogens is 440 g/mol. The Bertz CT molecular complexity index is 1230. The van der Waals surface area contributed by atoms with Crippen LogP contribution in [0.25, 0.3) is 16.7 Å². The van der Waals surface area contributed by atoms with Crippen molar-refractivity contribution in [2.45, 2.75) is 18.2 Å². The second-order valence-electron chi connectivity index (χ2n) is 8.54. The Morgan fingerprint density at radius 1 is 0.943 bits per heavy atom. The van der Waals surface area contributed by atoms with E-state index in [1.54, 1.807) is 12.2 Å². The van der Waals surface area contributed by atoms with Gasteiger partial charge in [-0.2, -0.15) is 0 Å². The van der Waals surface area contributed by atoms with Crippen LogP contribution in [0, 0.1) is 5.92 Å². The lowest BCUT2D eigenvalue weighted by atomic mass is 9.85. The van der Waals surface area contributed by atoms with E-state index in [0.717, 1.165) is 27.8 Å². The molecule has 0 aromatic heterocycles. The number of hydrogen-bond donors (Lipinski definition) is 3. The van der Waals surface area contributed by atoms with Gasteiger partial charge in [0.25, 0.3) is 0 Å². The fourth-order valence-electron chi connectivity index (χ4n) is 4.10. The largest absolute Gasteiger partial charge is 0.467 e. The minimum Gasteiger partial charge on any atom is -0.467 e. The lowest BCUT2D eigenvalue weighted by Crippen LogP contribution is -2.55. The molecule has 3 atom stereocenters. The van der Waals surface area contributed by atoms with Gasteiger partial charge in [0.05, 0.1) is 7.11 Å². The molecule has 2 unspecified atom stereocenters. The zero-order chi connectivity index (χ0) is 24.8. The highest BCUT2D eigenvalue weighted by Gasteiger charge is 2.38. The summed E-state index contributed by atoms with van der Waals surface area (Å²) in [5, 5.41) is 13.4. The third-order valence-electron chi connectivity index (χ3n) is 6.07. The summed E-state index contributed by atoms with van der Waals surface area (Å²) in [6, 6.07) is 26.3. The molecule has 6 heteroatoms. The number of allylic oxidation sites excluding steroid dienone is 2. The third-order valence-corrected chi connectivity index (χ3v) is 6.07. The summed E-state index contributed by atoms with van der Waals surface area (Å²) < 4.78 is 4.93. The molecular formula is C29H28N2O4. The zero-order valence-corrected chi connectivity index (χ0v) is 19.4. The van der Waals surface area contributed by atoms with Crippen LogP contribution in [0.5, 0.6) is 0 Å². The topological polar surface area (TPSA) is 102 Å². The van der Waals surface area contributed by atoms with Crippen molar-refractivity contribution < 1.29 is 19.4 Å². The first-order valence-corrected chi connectivity index (χ1v) is 11.4. The fraction of sp³-hybridized carbons (Fsp3) is 0.172. The minimum atomic E-state index is -1.89. The third kappa shape index (κ3) is 5.74. The number of ether oxygens (including phenoxy) is 1. The molecule has 4 rings (SSSR count). The van der Waals surface area contributed by atoms with Crippen molar-refractivity contribution >= 4 is 17.4 Å². The fourth-order valence-corrected chi connectivity index (χ4v) is 4.10. The normalized spacial score (nSPS) is 20.0. The van der Waals surface area contributed by atoms with Crippen molar-refractivity contribution in [3.63, 3.8) is 0 Å². The number of benzene rings is 3. The lowest BCUT2D eigenvalue weighted by molar-refractivity contribution is -0.146. The lowest BCUT2D eigenvalue weighted by Gasteiger charge is -2.31. The molecule has 0 heterocycles. The van der Waals surface area contributed by atoms with Crippen LogP contribution in [0.3, 0.4) is 0 Å². The molecule has 1 amide bonds. The SMILES string of the molecule is COC(=O)[C@H](Cc1ccc(-c2ccccc2)cc1)NC(=O)C1C=C(c2ccccc2)C=CC1(N)O. The first-order chi connectivity index (χ1) is 16.9. The number of carbonyl (C=O) groups excluding carboxylic acids is 2. The van der Waals surface area contributed by atoms with Gasteiger partial charge in [0, 0.05) is 6.42 Å². The van der Waals surface area contributed by atoms with E-state index in [9.17, 15) is 14.7 Å². The molecule has 1 aliphatic carbocycles. The number of amides is 1. The highest BCUT2D eigenvalue weighted by molar-refractivity contribution is 5.91. The quantitative estimate of drug-likeness (QED) is 0.364. The number of esters is 1. The number of nitrogens with one attached hydrogen (secondary N) is 1. The van der Waals surface area contributed by atoms with Gasteiger partial charge in [-0.1, -0.05) is 97.1 Å². The van der Waals surface area contributed by atoms with Gasteiger partial charge in [0.2, 0.25) is 5.91 Å². The van der Waals surface area contributed by atoms with Crippen LogP contribution < -0.4 is 11.1 Å². The van der Waals surface area contributed by atoms with Crippen LogP contribution in [0.1, 0.15) is 11.1 Å². The number of methoxy groups -OCH3 is 1. The summed E-state index contributed by atoms with van der Waals surface area (Å²) in [5.74, 6) is -2.23. The minimum absolute atomic E-state index is 0.230. The predicted molar refractivity (Wildman–Crippen MR) is 136 cm³/mol. The smallest absolute Gasteiger partial charge is 0.328 e. The van der Waals surface area contributed by atoms with E-state index in [1.807, 2.05) is 84.9 Å². The average Bonchev–Trinajstić information content (AvgIpc) is 2.89. The standard InChI is InChI=1S/C29H28N2O4/c1-35-28(33)26(18-20-12-14-23(15-13-20)21-8-4-2-5-9-21)31-27(32)25-19-24(16-17-29(25,30)34)22-10-6-3-7-11-22/h2-17,19,25-26,34H,18,30H2,1H3,(H,31,32)/t25?,26-,29?/m0/s1. The van der Waals surface area contributed by atoms with Crippen molar-refractivity contribution in [3.8, 4) is 11.1 Å². The Kier molecular flexibility index (Phi) is 7.25. The Balaban J connectivity index is 1.52. The van der Waals surface area contributed by atoms with E-state index < -0.39 is 29.6 Å². The molecule has 6 nitrogen and oxygen atoms in total. The highest BCUT2D eigenvalue weighted by atomic mass is 16.5. The number of carbonyl (C=O) groups is 2. The molecule has 0 fully saturated rings. The molecule has 1 aliphatic rings. The van der Waals surface area contributed by atoms with Gasteiger partial charge in [-0.15, -0.1) is 0 Å². The van der Waals surface area contributed by atoms with Crippen LogP contribution >= 0.6 is 0 Å².